The second kappa shape index (κ2) is 15.9. The van der Waals surface area contributed by atoms with Crippen molar-refractivity contribution < 1.29 is 32.3 Å². The molecule has 0 aliphatic carbocycles. The molecule has 3 saturated heterocycles. The zero-order valence-electron chi connectivity index (χ0n) is 30.6. The van der Waals surface area contributed by atoms with Crippen molar-refractivity contribution in [1.82, 2.24) is 30.1 Å². The number of hydrogen-bond acceptors (Lipinski definition) is 12. The van der Waals surface area contributed by atoms with Crippen LogP contribution in [0.5, 0.6) is 5.75 Å². The van der Waals surface area contributed by atoms with Gasteiger partial charge in [-0.3, -0.25) is 29.4 Å². The van der Waals surface area contributed by atoms with E-state index in [1.165, 1.54) is 34.8 Å². The summed E-state index contributed by atoms with van der Waals surface area (Å²) in [6, 6.07) is 9.60. The van der Waals surface area contributed by atoms with Crippen LogP contribution in [-0.2, 0) is 21.4 Å². The van der Waals surface area contributed by atoms with E-state index in [4.69, 9.17) is 16.3 Å². The first kappa shape index (κ1) is 38.6. The Kier molecular flexibility index (Phi) is 10.9. The molecule has 0 saturated carbocycles. The van der Waals surface area contributed by atoms with Gasteiger partial charge in [0.15, 0.2) is 18.2 Å². The highest BCUT2D eigenvalue weighted by atomic mass is 35.5. The van der Waals surface area contributed by atoms with E-state index in [-0.39, 0.29) is 54.4 Å². The van der Waals surface area contributed by atoms with Crippen molar-refractivity contribution in [2.45, 2.75) is 37.3 Å². The number of aryl methyl sites for hydroxylation is 1. The molecule has 2 atom stereocenters. The van der Waals surface area contributed by atoms with Crippen molar-refractivity contribution in [3.05, 3.63) is 69.9 Å². The number of anilines is 5. The number of amides is 3. The third kappa shape index (κ3) is 8.16. The zero-order chi connectivity index (χ0) is 39.7. The monoisotopic (exact) mass is 796 g/mol. The molecular formula is C37H40ClF3N10O5. The standard InChI is InChI=1S/C37H40ClF3N10O5/c1-42-32(53)19-56-29-16-21-15-22(3-6-27(21)48(2)35(29)55)45-33-24(38)18-43-36(47-33)51-10-9-30(37(40,41)20-51)50-13-11-49(12-14-50)28-7-4-23(17-25(28)39)44-26-5-8-31(52)46-34(26)54/h3-4,6-7,15-18,26,30,44H,5,8-14,19-20H2,1-2H3,(H,42,53)(H,43,45,47)(H,46,52,54). The fourth-order valence-electron chi connectivity index (χ4n) is 7.29. The van der Waals surface area contributed by atoms with Gasteiger partial charge in [-0.15, -0.1) is 0 Å². The number of ether oxygens (including phenoxy) is 1. The lowest BCUT2D eigenvalue weighted by molar-refractivity contribution is -0.133. The molecule has 7 rings (SSSR count). The Morgan fingerprint density at radius 2 is 1.79 bits per heavy atom. The number of nitrogens with one attached hydrogen (secondary N) is 4. The molecule has 0 spiro atoms. The first-order valence-corrected chi connectivity index (χ1v) is 18.5. The number of imide groups is 1. The number of alkyl halides is 2. The Balaban J connectivity index is 0.973. The number of piperidine rings is 2. The van der Waals surface area contributed by atoms with Crippen LogP contribution in [0, 0.1) is 5.82 Å². The van der Waals surface area contributed by atoms with Crippen molar-refractivity contribution in [2.75, 3.05) is 73.4 Å². The quantitative estimate of drug-likeness (QED) is 0.174. The van der Waals surface area contributed by atoms with E-state index in [9.17, 15) is 19.2 Å². The maximum Gasteiger partial charge on any atom is 0.293 e. The fourth-order valence-corrected chi connectivity index (χ4v) is 7.43. The minimum atomic E-state index is -3.11. The summed E-state index contributed by atoms with van der Waals surface area (Å²) in [7, 11) is 3.05. The molecule has 0 radical (unpaired) electrons. The van der Waals surface area contributed by atoms with E-state index in [2.05, 4.69) is 31.2 Å². The Labute approximate surface area is 324 Å². The number of piperazine rings is 1. The van der Waals surface area contributed by atoms with Crippen molar-refractivity contribution in [2.24, 2.45) is 7.05 Å². The van der Waals surface area contributed by atoms with Crippen LogP contribution in [0.3, 0.4) is 0 Å². The molecule has 2 unspecified atom stereocenters. The van der Waals surface area contributed by atoms with E-state index in [0.717, 1.165) is 0 Å². The number of fused-ring (bicyclic) bond motifs is 1. The van der Waals surface area contributed by atoms with Gasteiger partial charge >= 0.3 is 0 Å². The number of benzene rings is 2. The number of pyridine rings is 1. The largest absolute Gasteiger partial charge is 0.478 e. The fraction of sp³-hybridized carbons (Fsp3) is 0.405. The average Bonchev–Trinajstić information content (AvgIpc) is 3.17. The molecule has 3 aliphatic heterocycles. The van der Waals surface area contributed by atoms with Crippen molar-refractivity contribution in [3.8, 4) is 5.75 Å². The van der Waals surface area contributed by atoms with Gasteiger partial charge < -0.3 is 35.1 Å². The molecule has 2 aromatic carbocycles. The molecule has 4 N–H and O–H groups in total. The van der Waals surface area contributed by atoms with Gasteiger partial charge in [-0.2, -0.15) is 4.98 Å². The van der Waals surface area contributed by atoms with Crippen LogP contribution >= 0.6 is 11.6 Å². The number of carbonyl (C=O) groups is 3. The Morgan fingerprint density at radius 3 is 2.50 bits per heavy atom. The van der Waals surface area contributed by atoms with Crippen LogP contribution < -0.4 is 41.4 Å². The maximum atomic E-state index is 15.9. The van der Waals surface area contributed by atoms with Crippen LogP contribution in [0.1, 0.15) is 19.3 Å². The van der Waals surface area contributed by atoms with Gasteiger partial charge in [0.25, 0.3) is 17.4 Å². The molecule has 3 fully saturated rings. The molecule has 4 aromatic rings. The lowest BCUT2D eigenvalue weighted by Crippen LogP contribution is -2.62. The Bertz CT molecular complexity index is 2240. The summed E-state index contributed by atoms with van der Waals surface area (Å²) >= 11 is 6.44. The van der Waals surface area contributed by atoms with Crippen molar-refractivity contribution in [1.29, 1.82) is 0 Å². The number of rotatable bonds is 10. The topological polar surface area (TPSA) is 166 Å². The molecule has 3 amide bonds. The summed E-state index contributed by atoms with van der Waals surface area (Å²) in [6.45, 7) is 0.634. The van der Waals surface area contributed by atoms with E-state index in [1.807, 2.05) is 4.90 Å². The van der Waals surface area contributed by atoms with Crippen LogP contribution in [-0.4, -0.2) is 108 Å². The second-order valence-corrected chi connectivity index (χ2v) is 14.3. The normalized spacial score (nSPS) is 20.1. The molecule has 19 heteroatoms. The number of carbonyl (C=O) groups excluding carboxylic acids is 3. The molecule has 5 heterocycles. The number of likely N-dealkylation sites (N-methyl/N-ethyl adjacent to an activating group) is 1. The highest BCUT2D eigenvalue weighted by molar-refractivity contribution is 6.33. The molecule has 296 valence electrons. The lowest BCUT2D eigenvalue weighted by atomic mass is 9.98. The highest BCUT2D eigenvalue weighted by Crippen LogP contribution is 2.35. The predicted octanol–water partition coefficient (Wildman–Crippen LogP) is 3.24. The smallest absolute Gasteiger partial charge is 0.293 e. The summed E-state index contributed by atoms with van der Waals surface area (Å²) in [5.41, 5.74) is 1.49. The van der Waals surface area contributed by atoms with Gasteiger partial charge in [-0.25, -0.2) is 18.2 Å². The van der Waals surface area contributed by atoms with Crippen LogP contribution in [0.25, 0.3) is 10.9 Å². The Morgan fingerprint density at radius 1 is 1.02 bits per heavy atom. The second-order valence-electron chi connectivity index (χ2n) is 13.9. The van der Waals surface area contributed by atoms with Gasteiger partial charge in [-0.1, -0.05) is 11.6 Å². The van der Waals surface area contributed by atoms with Crippen LogP contribution in [0.4, 0.5) is 42.0 Å². The molecule has 0 bridgehead atoms. The maximum absolute atomic E-state index is 15.9. The van der Waals surface area contributed by atoms with E-state index < -0.39 is 47.7 Å². The summed E-state index contributed by atoms with van der Waals surface area (Å²) < 4.78 is 53.9. The summed E-state index contributed by atoms with van der Waals surface area (Å²) in [5.74, 6) is -4.52. The molecule has 56 heavy (non-hydrogen) atoms. The summed E-state index contributed by atoms with van der Waals surface area (Å²) in [4.78, 5) is 61.7. The van der Waals surface area contributed by atoms with Crippen LogP contribution in [0.15, 0.2) is 53.5 Å². The predicted molar refractivity (Wildman–Crippen MR) is 205 cm³/mol. The van der Waals surface area contributed by atoms with E-state index >= 15 is 13.2 Å². The third-order valence-electron chi connectivity index (χ3n) is 10.3. The number of nitrogens with zero attached hydrogens (tertiary/aromatic N) is 6. The van der Waals surface area contributed by atoms with Gasteiger partial charge in [0.1, 0.15) is 16.9 Å². The number of halogens is 4. The minimum absolute atomic E-state index is 0.00362. The molecule has 3 aliphatic rings. The van der Waals surface area contributed by atoms with Gasteiger partial charge in [0.2, 0.25) is 17.8 Å². The number of aromatic nitrogens is 3. The summed E-state index contributed by atoms with van der Waals surface area (Å²) in [5, 5.41) is 11.6. The Hall–Kier alpha value is -5.62. The first-order valence-electron chi connectivity index (χ1n) is 18.1. The average molecular weight is 797 g/mol. The summed E-state index contributed by atoms with van der Waals surface area (Å²) in [6.07, 6.45) is 2.00. The highest BCUT2D eigenvalue weighted by Gasteiger charge is 2.48. The van der Waals surface area contributed by atoms with Gasteiger partial charge in [0.05, 0.1) is 30.0 Å². The third-order valence-corrected chi connectivity index (χ3v) is 10.6. The minimum Gasteiger partial charge on any atom is -0.478 e. The van der Waals surface area contributed by atoms with Crippen molar-refractivity contribution in [3.63, 3.8) is 0 Å². The SMILES string of the molecule is CNC(=O)COc1cc2cc(Nc3nc(N4CCC(N5CCN(c6ccc(NC7CCC(=O)NC7=O)cc6F)CC5)C(F)(F)C4)ncc3Cl)ccc2n(C)c1=O. The van der Waals surface area contributed by atoms with Crippen molar-refractivity contribution >= 4 is 69.1 Å². The molecule has 15 nitrogen and oxygen atoms in total. The molecular weight excluding hydrogens is 757 g/mol. The van der Waals surface area contributed by atoms with Gasteiger partial charge in [-0.05, 0) is 55.3 Å². The van der Waals surface area contributed by atoms with Crippen LogP contribution in [0.2, 0.25) is 5.02 Å². The van der Waals surface area contributed by atoms with E-state index in [1.54, 1.807) is 42.3 Å². The van der Waals surface area contributed by atoms with Gasteiger partial charge in [0, 0.05) is 70.0 Å². The zero-order valence-corrected chi connectivity index (χ0v) is 31.3. The lowest BCUT2D eigenvalue weighted by Gasteiger charge is -2.46. The first-order chi connectivity index (χ1) is 26.8. The number of hydrogen-bond donors (Lipinski definition) is 4. The molecule has 2 aromatic heterocycles. The van der Waals surface area contributed by atoms with E-state index in [0.29, 0.717) is 60.6 Å².